The smallest absolute Gasteiger partial charge is 0.237 e. The van der Waals surface area contributed by atoms with E-state index in [0.717, 1.165) is 0 Å². The number of carbonyl (C=O) groups excluding carboxylic acids is 1. The maximum Gasteiger partial charge on any atom is 0.237 e. The lowest BCUT2D eigenvalue weighted by molar-refractivity contribution is -0.115. The van der Waals surface area contributed by atoms with E-state index >= 15 is 0 Å². The molecule has 1 unspecified atom stereocenters. The van der Waals surface area contributed by atoms with Gasteiger partial charge in [-0.2, -0.15) is 0 Å². The van der Waals surface area contributed by atoms with Crippen molar-refractivity contribution in [3.8, 4) is 0 Å². The van der Waals surface area contributed by atoms with E-state index in [1.54, 1.807) is 23.9 Å². The molecule has 0 saturated heterocycles. The molecule has 0 saturated carbocycles. The number of tetrazole rings is 1. The van der Waals surface area contributed by atoms with E-state index in [2.05, 4.69) is 20.8 Å². The number of rotatable bonds is 6. The number of amides is 1. The fourth-order valence-corrected chi connectivity index (χ4v) is 3.38. The molecule has 3 rings (SSSR count). The average molecular weight is 433 g/mol. The minimum absolute atomic E-state index is 0.275. The Balaban J connectivity index is 1.67. The molecular weight excluding hydrogens is 421 g/mol. The van der Waals surface area contributed by atoms with Gasteiger partial charge in [-0.25, -0.2) is 4.68 Å². The highest BCUT2D eigenvalue weighted by Gasteiger charge is 2.20. The second-order valence-corrected chi connectivity index (χ2v) is 7.72. The first-order valence-corrected chi connectivity index (χ1v) is 9.36. The molecule has 0 fully saturated rings. The van der Waals surface area contributed by atoms with Gasteiger partial charge in [0.25, 0.3) is 0 Å². The predicted molar refractivity (Wildman–Crippen MR) is 101 cm³/mol. The van der Waals surface area contributed by atoms with Crippen molar-refractivity contribution in [1.82, 2.24) is 20.2 Å². The summed E-state index contributed by atoms with van der Waals surface area (Å²) in [5.41, 5.74) is 0.383. The van der Waals surface area contributed by atoms with Crippen LogP contribution in [0.15, 0.2) is 40.1 Å². The van der Waals surface area contributed by atoms with Crippen LogP contribution in [0.3, 0.4) is 0 Å². The van der Waals surface area contributed by atoms with Gasteiger partial charge in [-0.05, 0) is 41.6 Å². The molecule has 26 heavy (non-hydrogen) atoms. The third-order valence-electron chi connectivity index (χ3n) is 3.30. The maximum atomic E-state index is 12.5. The number of hydrogen-bond donors (Lipinski definition) is 1. The van der Waals surface area contributed by atoms with Crippen LogP contribution in [0.5, 0.6) is 0 Å². The lowest BCUT2D eigenvalue weighted by atomic mass is 10.3. The summed E-state index contributed by atoms with van der Waals surface area (Å²) in [6.07, 6.45) is 1.57. The molecule has 0 bridgehead atoms. The summed E-state index contributed by atoms with van der Waals surface area (Å²) in [6.45, 7) is 2.10. The quantitative estimate of drug-likeness (QED) is 0.459. The van der Waals surface area contributed by atoms with Gasteiger partial charge in [0.1, 0.15) is 12.3 Å². The lowest BCUT2D eigenvalue weighted by Gasteiger charge is -2.13. The summed E-state index contributed by atoms with van der Waals surface area (Å²) in [5, 5.41) is 15.2. The van der Waals surface area contributed by atoms with Crippen molar-refractivity contribution >= 4 is 58.2 Å². The van der Waals surface area contributed by atoms with Gasteiger partial charge in [-0.1, -0.05) is 46.6 Å². The largest absolute Gasteiger partial charge is 0.467 e. The zero-order valence-corrected chi connectivity index (χ0v) is 16.4. The molecule has 1 N–H and O–H groups in total. The first-order valence-electron chi connectivity index (χ1n) is 7.34. The van der Waals surface area contributed by atoms with E-state index in [1.165, 1.54) is 23.9 Å². The zero-order valence-electron chi connectivity index (χ0n) is 13.3. The normalized spacial score (nSPS) is 12.2. The monoisotopic (exact) mass is 431 g/mol. The standard InChI is InChI=1S/C15H12Cl3N5O2S/c1-8(14(24)19-13-6-11(17)10(16)5-12(13)18)26-15-20-21-22-23(15)7-9-3-2-4-25-9/h2-6,8H,7H2,1H3,(H,19,24). The molecule has 11 heteroatoms. The number of halogens is 3. The summed E-state index contributed by atoms with van der Waals surface area (Å²) in [4.78, 5) is 12.5. The van der Waals surface area contributed by atoms with E-state index in [4.69, 9.17) is 39.2 Å². The number of nitrogens with one attached hydrogen (secondary N) is 1. The summed E-state index contributed by atoms with van der Waals surface area (Å²) >= 11 is 19.2. The van der Waals surface area contributed by atoms with Crippen molar-refractivity contribution in [2.24, 2.45) is 0 Å². The van der Waals surface area contributed by atoms with Gasteiger partial charge in [0, 0.05) is 0 Å². The van der Waals surface area contributed by atoms with Crippen LogP contribution in [-0.4, -0.2) is 31.4 Å². The number of thioether (sulfide) groups is 1. The Morgan fingerprint density at radius 3 is 2.81 bits per heavy atom. The molecule has 0 radical (unpaired) electrons. The average Bonchev–Trinajstić information content (AvgIpc) is 3.25. The Bertz CT molecular complexity index is 916. The number of carbonyl (C=O) groups is 1. The van der Waals surface area contributed by atoms with Crippen LogP contribution in [0, 0.1) is 0 Å². The molecule has 0 aliphatic heterocycles. The number of hydrogen-bond acceptors (Lipinski definition) is 6. The minimum atomic E-state index is -0.484. The topological polar surface area (TPSA) is 85.8 Å². The van der Waals surface area contributed by atoms with Crippen molar-refractivity contribution in [3.63, 3.8) is 0 Å². The van der Waals surface area contributed by atoms with E-state index in [0.29, 0.717) is 38.2 Å². The lowest BCUT2D eigenvalue weighted by Crippen LogP contribution is -2.23. The number of furan rings is 1. The molecule has 1 atom stereocenters. The van der Waals surface area contributed by atoms with Crippen LogP contribution in [-0.2, 0) is 11.3 Å². The Morgan fingerprint density at radius 2 is 2.08 bits per heavy atom. The zero-order chi connectivity index (χ0) is 18.7. The predicted octanol–water partition coefficient (Wildman–Crippen LogP) is 4.39. The van der Waals surface area contributed by atoms with Crippen LogP contribution in [0.1, 0.15) is 12.7 Å². The summed E-state index contributed by atoms with van der Waals surface area (Å²) in [6, 6.07) is 6.58. The van der Waals surface area contributed by atoms with Crippen LogP contribution < -0.4 is 5.32 Å². The molecule has 1 amide bonds. The van der Waals surface area contributed by atoms with Crippen molar-refractivity contribution < 1.29 is 9.21 Å². The Labute approximate surface area is 168 Å². The molecule has 136 valence electrons. The Kier molecular flexibility index (Phi) is 6.08. The van der Waals surface area contributed by atoms with Crippen LogP contribution in [0.2, 0.25) is 15.1 Å². The van der Waals surface area contributed by atoms with E-state index in [9.17, 15) is 4.79 Å². The van der Waals surface area contributed by atoms with Gasteiger partial charge >= 0.3 is 0 Å². The van der Waals surface area contributed by atoms with E-state index in [-0.39, 0.29) is 5.91 Å². The fraction of sp³-hybridized carbons (Fsp3) is 0.200. The van der Waals surface area contributed by atoms with Crippen LogP contribution >= 0.6 is 46.6 Å². The van der Waals surface area contributed by atoms with Crippen molar-refractivity contribution in [2.75, 3.05) is 5.32 Å². The van der Waals surface area contributed by atoms with E-state index < -0.39 is 5.25 Å². The minimum Gasteiger partial charge on any atom is -0.467 e. The molecule has 0 spiro atoms. The summed E-state index contributed by atoms with van der Waals surface area (Å²) < 4.78 is 6.84. The van der Waals surface area contributed by atoms with Gasteiger partial charge in [0.15, 0.2) is 0 Å². The molecule has 3 aromatic rings. The van der Waals surface area contributed by atoms with Crippen molar-refractivity contribution in [1.29, 1.82) is 0 Å². The highest BCUT2D eigenvalue weighted by atomic mass is 35.5. The van der Waals surface area contributed by atoms with Gasteiger partial charge in [-0.15, -0.1) is 5.10 Å². The number of anilines is 1. The van der Waals surface area contributed by atoms with Crippen molar-refractivity contribution in [2.45, 2.75) is 23.9 Å². The Hall–Kier alpha value is -1.74. The molecule has 0 aliphatic carbocycles. The first-order chi connectivity index (χ1) is 12.4. The molecule has 0 aliphatic rings. The van der Waals surface area contributed by atoms with Crippen LogP contribution in [0.4, 0.5) is 5.69 Å². The maximum absolute atomic E-state index is 12.5. The number of benzene rings is 1. The second-order valence-electron chi connectivity index (χ2n) is 5.19. The third kappa shape index (κ3) is 4.50. The van der Waals surface area contributed by atoms with Crippen LogP contribution in [0.25, 0.3) is 0 Å². The summed E-state index contributed by atoms with van der Waals surface area (Å²) in [5.74, 6) is 0.432. The molecule has 2 aromatic heterocycles. The van der Waals surface area contributed by atoms with Gasteiger partial charge in [0.05, 0.1) is 32.3 Å². The third-order valence-corrected chi connectivity index (χ3v) is 5.41. The van der Waals surface area contributed by atoms with E-state index in [1.807, 2.05) is 6.07 Å². The van der Waals surface area contributed by atoms with Gasteiger partial charge in [0.2, 0.25) is 11.1 Å². The first kappa shape index (κ1) is 19.0. The number of aromatic nitrogens is 4. The fourth-order valence-electron chi connectivity index (χ4n) is 1.99. The molecule has 7 nitrogen and oxygen atoms in total. The highest BCUT2D eigenvalue weighted by Crippen LogP contribution is 2.33. The molecule has 2 heterocycles. The number of nitrogens with zero attached hydrogens (tertiary/aromatic N) is 4. The second kappa shape index (κ2) is 8.30. The van der Waals surface area contributed by atoms with Gasteiger partial charge in [-0.3, -0.25) is 4.79 Å². The Morgan fingerprint density at radius 1 is 1.31 bits per heavy atom. The summed E-state index contributed by atoms with van der Waals surface area (Å²) in [7, 11) is 0. The molecule has 1 aromatic carbocycles. The van der Waals surface area contributed by atoms with Gasteiger partial charge < -0.3 is 9.73 Å². The van der Waals surface area contributed by atoms with Crippen molar-refractivity contribution in [3.05, 3.63) is 51.4 Å². The highest BCUT2D eigenvalue weighted by molar-refractivity contribution is 8.00. The molecular formula is C15H12Cl3N5O2S. The SMILES string of the molecule is CC(Sc1nnnn1Cc1ccco1)C(=O)Nc1cc(Cl)c(Cl)cc1Cl.